The number of hydrogen-bond donors (Lipinski definition) is 2. The average Bonchev–Trinajstić information content (AvgIpc) is 2.56. The number of halogens is 1. The van der Waals surface area contributed by atoms with Crippen molar-refractivity contribution in [3.05, 3.63) is 57.7 Å². The summed E-state index contributed by atoms with van der Waals surface area (Å²) >= 11 is 2.20. The van der Waals surface area contributed by atoms with E-state index in [9.17, 15) is 9.59 Å². The maximum absolute atomic E-state index is 11.8. The minimum atomic E-state index is -0.237. The fourth-order valence-electron chi connectivity index (χ4n) is 1.84. The fourth-order valence-corrected chi connectivity index (χ4v) is 2.20. The monoisotopic (exact) mass is 424 g/mol. The third-order valence-electron chi connectivity index (χ3n) is 2.95. The molecule has 0 heterocycles. The fraction of sp³-hybridized carbons (Fsp3) is 0.176. The van der Waals surface area contributed by atoms with Crippen LogP contribution in [0.1, 0.15) is 17.3 Å². The number of ether oxygens (including phenoxy) is 1. The Morgan fingerprint density at radius 1 is 1.04 bits per heavy atom. The molecule has 0 saturated carbocycles. The lowest BCUT2D eigenvalue weighted by molar-refractivity contribution is -0.118. The van der Waals surface area contributed by atoms with Gasteiger partial charge in [-0.3, -0.25) is 9.59 Å². The number of hydrogen-bond acceptors (Lipinski definition) is 3. The number of carbonyl (C=O) groups is 2. The van der Waals surface area contributed by atoms with E-state index < -0.39 is 0 Å². The molecular formula is C17H17IN2O3. The van der Waals surface area contributed by atoms with Gasteiger partial charge in [0.15, 0.2) is 6.61 Å². The number of anilines is 1. The van der Waals surface area contributed by atoms with Crippen molar-refractivity contribution in [2.45, 2.75) is 6.92 Å². The van der Waals surface area contributed by atoms with E-state index in [0.29, 0.717) is 17.9 Å². The van der Waals surface area contributed by atoms with Crippen molar-refractivity contribution >= 4 is 40.1 Å². The molecule has 0 spiro atoms. The van der Waals surface area contributed by atoms with E-state index in [0.717, 1.165) is 9.26 Å². The molecule has 0 bridgehead atoms. The highest BCUT2D eigenvalue weighted by Crippen LogP contribution is 2.13. The number of amides is 2. The van der Waals surface area contributed by atoms with Gasteiger partial charge in [0.25, 0.3) is 11.8 Å². The van der Waals surface area contributed by atoms with Gasteiger partial charge in [0.2, 0.25) is 0 Å². The highest BCUT2D eigenvalue weighted by atomic mass is 127. The van der Waals surface area contributed by atoms with Crippen molar-refractivity contribution in [3.63, 3.8) is 0 Å². The lowest BCUT2D eigenvalue weighted by Gasteiger charge is -2.08. The molecule has 0 aliphatic heterocycles. The van der Waals surface area contributed by atoms with E-state index >= 15 is 0 Å². The largest absolute Gasteiger partial charge is 0.484 e. The number of carbonyl (C=O) groups excluding carboxylic acids is 2. The molecule has 0 radical (unpaired) electrons. The summed E-state index contributed by atoms with van der Waals surface area (Å²) in [5, 5.41) is 5.47. The summed E-state index contributed by atoms with van der Waals surface area (Å²) in [6, 6.07) is 14.2. The van der Waals surface area contributed by atoms with E-state index in [1.165, 1.54) is 0 Å². The lowest BCUT2D eigenvalue weighted by Crippen LogP contribution is -2.22. The summed E-state index contributed by atoms with van der Waals surface area (Å²) < 4.78 is 6.51. The predicted octanol–water partition coefficient (Wildman–Crippen LogP) is 3.06. The van der Waals surface area contributed by atoms with Crippen molar-refractivity contribution in [2.75, 3.05) is 18.5 Å². The topological polar surface area (TPSA) is 67.4 Å². The molecule has 120 valence electrons. The zero-order chi connectivity index (χ0) is 16.7. The minimum Gasteiger partial charge on any atom is -0.484 e. The van der Waals surface area contributed by atoms with Crippen LogP contribution in [0, 0.1) is 3.57 Å². The Balaban J connectivity index is 1.84. The van der Waals surface area contributed by atoms with Crippen molar-refractivity contribution in [2.24, 2.45) is 0 Å². The van der Waals surface area contributed by atoms with Gasteiger partial charge < -0.3 is 15.4 Å². The molecule has 2 rings (SSSR count). The number of rotatable bonds is 6. The van der Waals surface area contributed by atoms with Gasteiger partial charge in [0.05, 0.1) is 0 Å². The van der Waals surface area contributed by atoms with Crippen LogP contribution in [-0.2, 0) is 4.79 Å². The molecule has 2 aromatic carbocycles. The van der Waals surface area contributed by atoms with Crippen LogP contribution >= 0.6 is 22.6 Å². The van der Waals surface area contributed by atoms with Gasteiger partial charge >= 0.3 is 0 Å². The Hall–Kier alpha value is -2.09. The van der Waals surface area contributed by atoms with E-state index in [1.54, 1.807) is 24.3 Å². The quantitative estimate of drug-likeness (QED) is 0.701. The molecule has 23 heavy (non-hydrogen) atoms. The van der Waals surface area contributed by atoms with Crippen LogP contribution in [0.25, 0.3) is 0 Å². The third kappa shape index (κ3) is 5.55. The van der Waals surface area contributed by atoms with Crippen LogP contribution in [0.2, 0.25) is 0 Å². The van der Waals surface area contributed by atoms with Crippen LogP contribution in [0.4, 0.5) is 5.69 Å². The zero-order valence-corrected chi connectivity index (χ0v) is 14.8. The van der Waals surface area contributed by atoms with Gasteiger partial charge in [-0.1, -0.05) is 0 Å². The maximum Gasteiger partial charge on any atom is 0.262 e. The summed E-state index contributed by atoms with van der Waals surface area (Å²) in [4.78, 5) is 23.5. The number of benzene rings is 2. The second-order valence-electron chi connectivity index (χ2n) is 4.73. The molecule has 6 heteroatoms. The first-order valence-corrected chi connectivity index (χ1v) is 8.23. The van der Waals surface area contributed by atoms with Gasteiger partial charge in [-0.15, -0.1) is 0 Å². The first-order chi connectivity index (χ1) is 11.1. The molecule has 2 aromatic rings. The maximum atomic E-state index is 11.8. The standard InChI is InChI=1S/C17H17IN2O3/c1-2-19-17(22)12-3-9-15(10-4-12)23-11-16(21)20-14-7-5-13(18)6-8-14/h3-10H,2,11H2,1H3,(H,19,22)(H,20,21). The summed E-state index contributed by atoms with van der Waals surface area (Å²) in [6.45, 7) is 2.35. The normalized spacial score (nSPS) is 10.0. The Morgan fingerprint density at radius 3 is 2.30 bits per heavy atom. The Morgan fingerprint density at radius 2 is 1.70 bits per heavy atom. The molecule has 5 nitrogen and oxygen atoms in total. The Kier molecular flexibility index (Phi) is 6.40. The molecular weight excluding hydrogens is 407 g/mol. The number of nitrogens with one attached hydrogen (secondary N) is 2. The van der Waals surface area contributed by atoms with E-state index in [4.69, 9.17) is 4.74 Å². The van der Waals surface area contributed by atoms with E-state index in [-0.39, 0.29) is 18.4 Å². The summed E-state index contributed by atoms with van der Waals surface area (Å²) in [6.07, 6.45) is 0. The van der Waals surface area contributed by atoms with Crippen molar-refractivity contribution in [3.8, 4) is 5.75 Å². The minimum absolute atomic E-state index is 0.0908. The van der Waals surface area contributed by atoms with Crippen LogP contribution in [0.15, 0.2) is 48.5 Å². The first-order valence-electron chi connectivity index (χ1n) is 7.15. The van der Waals surface area contributed by atoms with Gasteiger partial charge in [0.1, 0.15) is 5.75 Å². The van der Waals surface area contributed by atoms with Gasteiger partial charge in [-0.25, -0.2) is 0 Å². The van der Waals surface area contributed by atoms with Crippen molar-refractivity contribution in [1.29, 1.82) is 0 Å². The van der Waals surface area contributed by atoms with E-state index in [2.05, 4.69) is 33.2 Å². The zero-order valence-electron chi connectivity index (χ0n) is 12.6. The average molecular weight is 424 g/mol. The molecule has 0 fully saturated rings. The molecule has 0 saturated heterocycles. The summed E-state index contributed by atoms with van der Waals surface area (Å²) in [5.41, 5.74) is 1.29. The molecule has 2 N–H and O–H groups in total. The SMILES string of the molecule is CCNC(=O)c1ccc(OCC(=O)Nc2ccc(I)cc2)cc1. The molecule has 0 aliphatic rings. The van der Waals surface area contributed by atoms with Crippen molar-refractivity contribution < 1.29 is 14.3 Å². The summed E-state index contributed by atoms with van der Waals surface area (Å²) in [5.74, 6) is 0.172. The van der Waals surface area contributed by atoms with Gasteiger partial charge in [-0.2, -0.15) is 0 Å². The Bertz CT molecular complexity index is 669. The van der Waals surface area contributed by atoms with Crippen LogP contribution in [0.3, 0.4) is 0 Å². The van der Waals surface area contributed by atoms with Crippen LogP contribution in [0.5, 0.6) is 5.75 Å². The molecule has 0 atom stereocenters. The summed E-state index contributed by atoms with van der Waals surface area (Å²) in [7, 11) is 0. The van der Waals surface area contributed by atoms with E-state index in [1.807, 2.05) is 31.2 Å². The first kappa shape index (κ1) is 17.3. The lowest BCUT2D eigenvalue weighted by atomic mass is 10.2. The van der Waals surface area contributed by atoms with Crippen LogP contribution < -0.4 is 15.4 Å². The van der Waals surface area contributed by atoms with Crippen LogP contribution in [-0.4, -0.2) is 25.0 Å². The predicted molar refractivity (Wildman–Crippen MR) is 97.7 cm³/mol. The highest BCUT2D eigenvalue weighted by molar-refractivity contribution is 14.1. The molecule has 0 unspecified atom stereocenters. The molecule has 0 aliphatic carbocycles. The second-order valence-corrected chi connectivity index (χ2v) is 5.97. The van der Waals surface area contributed by atoms with Gasteiger partial charge in [-0.05, 0) is 78.0 Å². The molecule has 2 amide bonds. The smallest absolute Gasteiger partial charge is 0.262 e. The second kappa shape index (κ2) is 8.52. The molecule has 0 aromatic heterocycles. The third-order valence-corrected chi connectivity index (χ3v) is 3.67. The highest BCUT2D eigenvalue weighted by Gasteiger charge is 2.06. The van der Waals surface area contributed by atoms with Gasteiger partial charge in [0, 0.05) is 21.4 Å². The van der Waals surface area contributed by atoms with Crippen molar-refractivity contribution in [1.82, 2.24) is 5.32 Å². The Labute approximate surface area is 148 Å².